The number of hydrogen-bond donors (Lipinski definition) is 2. The van der Waals surface area contributed by atoms with E-state index in [0.717, 1.165) is 11.1 Å². The molecule has 2 aromatic carbocycles. The van der Waals surface area contributed by atoms with E-state index in [9.17, 15) is 4.39 Å². The highest BCUT2D eigenvalue weighted by atomic mass is 35.5. The zero-order valence-corrected chi connectivity index (χ0v) is 12.3. The standard InChI is InChI=1S/C16H18ClFN2/c1-10-3-4-13(7-11(10)2)16(20-19)8-12-5-6-14(18)9-15(12)17/h3-7,9,16,20H,8,19H2,1-2H3. The van der Waals surface area contributed by atoms with Crippen LogP contribution in [0.2, 0.25) is 5.02 Å². The van der Waals surface area contributed by atoms with Gasteiger partial charge in [0.2, 0.25) is 0 Å². The van der Waals surface area contributed by atoms with E-state index < -0.39 is 0 Å². The number of benzene rings is 2. The maximum atomic E-state index is 13.1. The van der Waals surface area contributed by atoms with Gasteiger partial charge < -0.3 is 0 Å². The zero-order chi connectivity index (χ0) is 14.7. The molecule has 0 aliphatic rings. The van der Waals surface area contributed by atoms with Gasteiger partial charge in [-0.15, -0.1) is 0 Å². The highest BCUT2D eigenvalue weighted by Crippen LogP contribution is 2.25. The second-order valence-electron chi connectivity index (χ2n) is 5.00. The first-order valence-electron chi connectivity index (χ1n) is 6.48. The molecule has 0 saturated carbocycles. The van der Waals surface area contributed by atoms with Gasteiger partial charge in [-0.25, -0.2) is 4.39 Å². The van der Waals surface area contributed by atoms with Crippen LogP contribution in [0.15, 0.2) is 36.4 Å². The number of aryl methyl sites for hydroxylation is 2. The van der Waals surface area contributed by atoms with E-state index >= 15 is 0 Å². The van der Waals surface area contributed by atoms with Crippen molar-refractivity contribution in [3.05, 3.63) is 69.5 Å². The molecule has 0 radical (unpaired) electrons. The second-order valence-corrected chi connectivity index (χ2v) is 5.41. The molecular weight excluding hydrogens is 275 g/mol. The summed E-state index contributed by atoms with van der Waals surface area (Å²) >= 11 is 6.07. The van der Waals surface area contributed by atoms with Crippen LogP contribution in [0, 0.1) is 19.7 Å². The van der Waals surface area contributed by atoms with Gasteiger partial charge in [0.05, 0.1) is 6.04 Å². The summed E-state index contributed by atoms with van der Waals surface area (Å²) in [6.07, 6.45) is 0.609. The highest BCUT2D eigenvalue weighted by molar-refractivity contribution is 6.31. The normalized spacial score (nSPS) is 12.4. The Morgan fingerprint density at radius 3 is 2.50 bits per heavy atom. The number of hydrazine groups is 1. The van der Waals surface area contributed by atoms with Gasteiger partial charge in [0, 0.05) is 5.02 Å². The van der Waals surface area contributed by atoms with E-state index in [-0.39, 0.29) is 11.9 Å². The molecule has 2 rings (SSSR count). The predicted molar refractivity (Wildman–Crippen MR) is 81.1 cm³/mol. The topological polar surface area (TPSA) is 38.0 Å². The van der Waals surface area contributed by atoms with Crippen LogP contribution in [-0.4, -0.2) is 0 Å². The van der Waals surface area contributed by atoms with E-state index in [0.29, 0.717) is 11.4 Å². The summed E-state index contributed by atoms with van der Waals surface area (Å²) in [7, 11) is 0. The first-order chi connectivity index (χ1) is 9.51. The van der Waals surface area contributed by atoms with E-state index in [4.69, 9.17) is 17.4 Å². The first-order valence-corrected chi connectivity index (χ1v) is 6.86. The molecule has 4 heteroatoms. The minimum Gasteiger partial charge on any atom is -0.271 e. The zero-order valence-electron chi connectivity index (χ0n) is 11.6. The predicted octanol–water partition coefficient (Wildman–Crippen LogP) is 3.84. The summed E-state index contributed by atoms with van der Waals surface area (Å²) < 4.78 is 13.1. The van der Waals surface area contributed by atoms with E-state index in [1.54, 1.807) is 6.07 Å². The van der Waals surface area contributed by atoms with Crippen molar-refractivity contribution in [3.63, 3.8) is 0 Å². The maximum absolute atomic E-state index is 13.1. The molecule has 0 amide bonds. The quantitative estimate of drug-likeness (QED) is 0.664. The number of nitrogens with two attached hydrogens (primary N) is 1. The molecule has 1 atom stereocenters. The summed E-state index contributed by atoms with van der Waals surface area (Å²) in [5.41, 5.74) is 7.22. The van der Waals surface area contributed by atoms with Gasteiger partial charge in [-0.1, -0.05) is 35.9 Å². The lowest BCUT2D eigenvalue weighted by Gasteiger charge is -2.18. The molecule has 1 unspecified atom stereocenters. The summed E-state index contributed by atoms with van der Waals surface area (Å²) in [6, 6.07) is 10.6. The third kappa shape index (κ3) is 3.37. The van der Waals surface area contributed by atoms with Crippen molar-refractivity contribution in [3.8, 4) is 0 Å². The largest absolute Gasteiger partial charge is 0.271 e. The van der Waals surface area contributed by atoms with Crippen LogP contribution >= 0.6 is 11.6 Å². The number of nitrogens with one attached hydrogen (secondary N) is 1. The molecule has 0 aliphatic heterocycles. The molecule has 0 heterocycles. The Morgan fingerprint density at radius 1 is 1.15 bits per heavy atom. The minimum absolute atomic E-state index is 0.0581. The molecule has 106 valence electrons. The number of rotatable bonds is 4. The Hall–Kier alpha value is -1.42. The third-order valence-electron chi connectivity index (χ3n) is 3.57. The van der Waals surface area contributed by atoms with E-state index in [1.165, 1.54) is 23.3 Å². The smallest absolute Gasteiger partial charge is 0.124 e. The van der Waals surface area contributed by atoms with Gasteiger partial charge in [-0.2, -0.15) is 0 Å². The van der Waals surface area contributed by atoms with Crippen LogP contribution < -0.4 is 11.3 Å². The monoisotopic (exact) mass is 292 g/mol. The van der Waals surface area contributed by atoms with Crippen molar-refractivity contribution >= 4 is 11.6 Å². The van der Waals surface area contributed by atoms with E-state index in [1.807, 2.05) is 6.07 Å². The van der Waals surface area contributed by atoms with Gasteiger partial charge in [0.1, 0.15) is 5.82 Å². The lowest BCUT2D eigenvalue weighted by molar-refractivity contribution is 0.550. The molecule has 2 aromatic rings. The molecule has 0 bridgehead atoms. The van der Waals surface area contributed by atoms with Crippen molar-refractivity contribution in [2.75, 3.05) is 0 Å². The Balaban J connectivity index is 2.26. The highest BCUT2D eigenvalue weighted by Gasteiger charge is 2.13. The lowest BCUT2D eigenvalue weighted by Crippen LogP contribution is -2.29. The maximum Gasteiger partial charge on any atom is 0.124 e. The summed E-state index contributed by atoms with van der Waals surface area (Å²) in [4.78, 5) is 0. The summed E-state index contributed by atoms with van der Waals surface area (Å²) in [5.74, 6) is 5.32. The Kier molecular flexibility index (Phi) is 4.76. The molecular formula is C16H18ClFN2. The second kappa shape index (κ2) is 6.35. The first kappa shape index (κ1) is 15.0. The van der Waals surface area contributed by atoms with Crippen LogP contribution in [0.1, 0.15) is 28.3 Å². The molecule has 3 N–H and O–H groups in total. The summed E-state index contributed by atoms with van der Waals surface area (Å²) in [5, 5.41) is 0.425. The molecule has 0 spiro atoms. The fraction of sp³-hybridized carbons (Fsp3) is 0.250. The molecule has 0 fully saturated rings. The Morgan fingerprint density at radius 2 is 1.90 bits per heavy atom. The molecule has 0 aliphatic carbocycles. The number of halogens is 2. The van der Waals surface area contributed by atoms with Crippen molar-refractivity contribution in [2.45, 2.75) is 26.3 Å². The average molecular weight is 293 g/mol. The van der Waals surface area contributed by atoms with Crippen molar-refractivity contribution in [1.29, 1.82) is 0 Å². The molecule has 0 saturated heterocycles. The molecule has 0 aromatic heterocycles. The van der Waals surface area contributed by atoms with Crippen LogP contribution in [0.25, 0.3) is 0 Å². The Labute approximate surface area is 123 Å². The molecule has 20 heavy (non-hydrogen) atoms. The van der Waals surface area contributed by atoms with Crippen LogP contribution in [0.5, 0.6) is 0 Å². The lowest BCUT2D eigenvalue weighted by atomic mass is 9.96. The SMILES string of the molecule is Cc1ccc(C(Cc2ccc(F)cc2Cl)NN)cc1C. The van der Waals surface area contributed by atoms with Gasteiger partial charge >= 0.3 is 0 Å². The van der Waals surface area contributed by atoms with E-state index in [2.05, 4.69) is 31.4 Å². The average Bonchev–Trinajstić information content (AvgIpc) is 2.41. The van der Waals surface area contributed by atoms with Crippen molar-refractivity contribution in [2.24, 2.45) is 5.84 Å². The van der Waals surface area contributed by atoms with Crippen LogP contribution in [-0.2, 0) is 6.42 Å². The van der Waals surface area contributed by atoms with Crippen LogP contribution in [0.3, 0.4) is 0 Å². The van der Waals surface area contributed by atoms with Crippen LogP contribution in [0.4, 0.5) is 4.39 Å². The summed E-state index contributed by atoms with van der Waals surface area (Å²) in [6.45, 7) is 4.14. The fourth-order valence-corrected chi connectivity index (χ4v) is 2.41. The van der Waals surface area contributed by atoms with Gasteiger partial charge in [-0.05, 0) is 54.7 Å². The van der Waals surface area contributed by atoms with Gasteiger partial charge in [-0.3, -0.25) is 11.3 Å². The van der Waals surface area contributed by atoms with Crippen molar-refractivity contribution in [1.82, 2.24) is 5.43 Å². The molecule has 2 nitrogen and oxygen atoms in total. The number of hydrogen-bond acceptors (Lipinski definition) is 2. The Bertz CT molecular complexity index is 613. The van der Waals surface area contributed by atoms with Gasteiger partial charge in [0.15, 0.2) is 0 Å². The fourth-order valence-electron chi connectivity index (χ4n) is 2.16. The third-order valence-corrected chi connectivity index (χ3v) is 3.93. The van der Waals surface area contributed by atoms with Crippen molar-refractivity contribution < 1.29 is 4.39 Å². The van der Waals surface area contributed by atoms with Gasteiger partial charge in [0.25, 0.3) is 0 Å². The minimum atomic E-state index is -0.331.